The third-order valence-corrected chi connectivity index (χ3v) is 2.14. The Morgan fingerprint density at radius 1 is 1.33 bits per heavy atom. The van der Waals surface area contributed by atoms with Gasteiger partial charge in [0.25, 0.3) is 0 Å². The Morgan fingerprint density at radius 2 is 1.87 bits per heavy atom. The molecular weight excluding hydrogens is 194 g/mol. The number of aliphatic carboxylic acids is 1. The summed E-state index contributed by atoms with van der Waals surface area (Å²) in [5.41, 5.74) is 6.98. The molecule has 0 heterocycles. The highest BCUT2D eigenvalue weighted by atomic mass is 16.4. The Labute approximate surface area is 87.7 Å². The maximum absolute atomic E-state index is 11.0. The summed E-state index contributed by atoms with van der Waals surface area (Å²) < 4.78 is 0. The van der Waals surface area contributed by atoms with Crippen molar-refractivity contribution in [2.45, 2.75) is 19.4 Å². The van der Waals surface area contributed by atoms with E-state index < -0.39 is 12.0 Å². The molecule has 0 bridgehead atoms. The summed E-state index contributed by atoms with van der Waals surface area (Å²) in [5, 5.41) is 8.55. The van der Waals surface area contributed by atoms with Gasteiger partial charge in [0.05, 0.1) is 6.42 Å². The molecule has 4 nitrogen and oxygen atoms in total. The lowest BCUT2D eigenvalue weighted by molar-refractivity contribution is -0.137. The first-order chi connectivity index (χ1) is 7.00. The van der Waals surface area contributed by atoms with Crippen molar-refractivity contribution < 1.29 is 14.7 Å². The molecule has 0 aliphatic rings. The summed E-state index contributed by atoms with van der Waals surface area (Å²) in [4.78, 5) is 21.4. The fourth-order valence-electron chi connectivity index (χ4n) is 1.27. The molecule has 4 heteroatoms. The van der Waals surface area contributed by atoms with Crippen LogP contribution < -0.4 is 5.73 Å². The van der Waals surface area contributed by atoms with E-state index in [1.807, 2.05) is 0 Å². The first kappa shape index (κ1) is 11.4. The monoisotopic (exact) mass is 207 g/mol. The molecule has 80 valence electrons. The van der Waals surface area contributed by atoms with Gasteiger partial charge in [-0.05, 0) is 12.5 Å². The second-order valence-electron chi connectivity index (χ2n) is 3.38. The smallest absolute Gasteiger partial charge is 0.305 e. The van der Waals surface area contributed by atoms with Crippen LogP contribution in [0.5, 0.6) is 0 Å². The molecule has 15 heavy (non-hydrogen) atoms. The van der Waals surface area contributed by atoms with Gasteiger partial charge in [0.2, 0.25) is 0 Å². The molecule has 3 N–H and O–H groups in total. The number of hydrogen-bond donors (Lipinski definition) is 2. The van der Waals surface area contributed by atoms with E-state index in [-0.39, 0.29) is 12.2 Å². The number of carboxylic acids is 1. The molecule has 1 rings (SSSR count). The molecule has 0 amide bonds. The number of nitrogens with two attached hydrogens (primary N) is 1. The van der Waals surface area contributed by atoms with Crippen molar-refractivity contribution in [2.24, 2.45) is 5.73 Å². The third-order valence-electron chi connectivity index (χ3n) is 2.14. The summed E-state index contributed by atoms with van der Waals surface area (Å²) in [6, 6.07) is 6.15. The van der Waals surface area contributed by atoms with Crippen LogP contribution in [0.4, 0.5) is 0 Å². The molecule has 0 unspecified atom stereocenters. The molecule has 0 spiro atoms. The zero-order chi connectivity index (χ0) is 11.4. The van der Waals surface area contributed by atoms with E-state index in [9.17, 15) is 9.59 Å². The Morgan fingerprint density at radius 3 is 2.27 bits per heavy atom. The van der Waals surface area contributed by atoms with Crippen LogP contribution in [0.25, 0.3) is 0 Å². The van der Waals surface area contributed by atoms with Gasteiger partial charge in [0.1, 0.15) is 0 Å². The zero-order valence-electron chi connectivity index (χ0n) is 8.43. The predicted molar refractivity (Wildman–Crippen MR) is 55.6 cm³/mol. The number of hydrogen-bond acceptors (Lipinski definition) is 3. The van der Waals surface area contributed by atoms with Crippen LogP contribution in [-0.4, -0.2) is 16.9 Å². The minimum absolute atomic E-state index is 0.0200. The normalized spacial score (nSPS) is 12.1. The van der Waals surface area contributed by atoms with Crippen molar-refractivity contribution in [3.63, 3.8) is 0 Å². The van der Waals surface area contributed by atoms with Crippen LogP contribution >= 0.6 is 0 Å². The third kappa shape index (κ3) is 3.18. The van der Waals surface area contributed by atoms with Crippen molar-refractivity contribution in [2.75, 3.05) is 0 Å². The largest absolute Gasteiger partial charge is 0.481 e. The minimum Gasteiger partial charge on any atom is -0.481 e. The van der Waals surface area contributed by atoms with E-state index in [1.54, 1.807) is 24.3 Å². The highest BCUT2D eigenvalue weighted by Gasteiger charge is 2.10. The summed E-state index contributed by atoms with van der Waals surface area (Å²) in [7, 11) is 0. The Hall–Kier alpha value is -1.68. The summed E-state index contributed by atoms with van der Waals surface area (Å²) in [6.45, 7) is 1.48. The van der Waals surface area contributed by atoms with Crippen LogP contribution in [0.2, 0.25) is 0 Å². The van der Waals surface area contributed by atoms with Gasteiger partial charge in [0.15, 0.2) is 5.78 Å². The summed E-state index contributed by atoms with van der Waals surface area (Å²) in [5.74, 6) is -0.952. The Balaban J connectivity index is 2.79. The number of carbonyl (C=O) groups excluding carboxylic acids is 1. The zero-order valence-corrected chi connectivity index (χ0v) is 8.43. The number of benzene rings is 1. The molecule has 0 saturated carbocycles. The molecule has 0 aliphatic carbocycles. The SMILES string of the molecule is CC(=O)c1ccc([C@H](N)CC(=O)O)cc1. The van der Waals surface area contributed by atoms with Crippen molar-refractivity contribution in [1.82, 2.24) is 0 Å². The molecule has 0 aromatic heterocycles. The summed E-state index contributed by atoms with van der Waals surface area (Å²) in [6.07, 6.45) is -0.112. The lowest BCUT2D eigenvalue weighted by Crippen LogP contribution is -2.14. The average Bonchev–Trinajstić information content (AvgIpc) is 2.17. The van der Waals surface area contributed by atoms with E-state index in [2.05, 4.69) is 0 Å². The topological polar surface area (TPSA) is 80.4 Å². The van der Waals surface area contributed by atoms with Gasteiger partial charge in [0, 0.05) is 11.6 Å². The molecule has 0 fully saturated rings. The fraction of sp³-hybridized carbons (Fsp3) is 0.273. The fourth-order valence-corrected chi connectivity index (χ4v) is 1.27. The molecule has 0 aliphatic heterocycles. The number of rotatable bonds is 4. The number of ketones is 1. The van der Waals surface area contributed by atoms with Gasteiger partial charge in [-0.15, -0.1) is 0 Å². The molecule has 1 aromatic carbocycles. The molecule has 0 radical (unpaired) electrons. The highest BCUT2D eigenvalue weighted by molar-refractivity contribution is 5.94. The van der Waals surface area contributed by atoms with E-state index in [0.29, 0.717) is 5.56 Å². The lowest BCUT2D eigenvalue weighted by Gasteiger charge is -2.09. The van der Waals surface area contributed by atoms with E-state index in [1.165, 1.54) is 6.92 Å². The van der Waals surface area contributed by atoms with Crippen molar-refractivity contribution >= 4 is 11.8 Å². The van der Waals surface area contributed by atoms with Gasteiger partial charge in [-0.1, -0.05) is 24.3 Å². The first-order valence-electron chi connectivity index (χ1n) is 4.59. The minimum atomic E-state index is -0.932. The van der Waals surface area contributed by atoms with Crippen LogP contribution in [0.1, 0.15) is 35.3 Å². The quantitative estimate of drug-likeness (QED) is 0.730. The van der Waals surface area contributed by atoms with E-state index in [4.69, 9.17) is 10.8 Å². The van der Waals surface area contributed by atoms with Crippen molar-refractivity contribution in [3.05, 3.63) is 35.4 Å². The average molecular weight is 207 g/mol. The van der Waals surface area contributed by atoms with E-state index >= 15 is 0 Å². The number of carbonyl (C=O) groups is 2. The molecule has 1 atom stereocenters. The van der Waals surface area contributed by atoms with Gasteiger partial charge >= 0.3 is 5.97 Å². The van der Waals surface area contributed by atoms with Crippen molar-refractivity contribution in [3.8, 4) is 0 Å². The summed E-state index contributed by atoms with van der Waals surface area (Å²) >= 11 is 0. The maximum atomic E-state index is 11.0. The standard InChI is InChI=1S/C11H13NO3/c1-7(13)8-2-4-9(5-3-8)10(12)6-11(14)15/h2-5,10H,6,12H2,1H3,(H,14,15)/t10-/m1/s1. The van der Waals surface area contributed by atoms with Crippen molar-refractivity contribution in [1.29, 1.82) is 0 Å². The van der Waals surface area contributed by atoms with Gasteiger partial charge in [-0.25, -0.2) is 0 Å². The van der Waals surface area contributed by atoms with Crippen LogP contribution in [0.15, 0.2) is 24.3 Å². The Kier molecular flexibility index (Phi) is 3.57. The van der Waals surface area contributed by atoms with Gasteiger partial charge in [-0.3, -0.25) is 9.59 Å². The highest BCUT2D eigenvalue weighted by Crippen LogP contribution is 2.14. The Bertz CT molecular complexity index is 370. The van der Waals surface area contributed by atoms with E-state index in [0.717, 1.165) is 5.56 Å². The van der Waals surface area contributed by atoms with Crippen LogP contribution in [-0.2, 0) is 4.79 Å². The first-order valence-corrected chi connectivity index (χ1v) is 4.59. The molecule has 1 aromatic rings. The second-order valence-corrected chi connectivity index (χ2v) is 3.38. The maximum Gasteiger partial charge on any atom is 0.305 e. The number of carboxylic acid groups (broad SMARTS) is 1. The van der Waals surface area contributed by atoms with Crippen LogP contribution in [0, 0.1) is 0 Å². The van der Waals surface area contributed by atoms with Gasteiger partial charge in [-0.2, -0.15) is 0 Å². The molecular formula is C11H13NO3. The second kappa shape index (κ2) is 4.70. The van der Waals surface area contributed by atoms with Gasteiger partial charge < -0.3 is 10.8 Å². The number of Topliss-reactive ketones (excluding diaryl/α,β-unsaturated/α-hetero) is 1. The molecule has 0 saturated heterocycles. The predicted octanol–water partition coefficient (Wildman–Crippen LogP) is 1.36. The van der Waals surface area contributed by atoms with Crippen LogP contribution in [0.3, 0.4) is 0 Å². The lowest BCUT2D eigenvalue weighted by atomic mass is 10.0.